The van der Waals surface area contributed by atoms with Gasteiger partial charge in [0.05, 0.1) is 13.0 Å². The number of hydrogen-bond acceptors (Lipinski definition) is 4. The van der Waals surface area contributed by atoms with Crippen molar-refractivity contribution in [3.63, 3.8) is 0 Å². The molecule has 17 heavy (non-hydrogen) atoms. The summed E-state index contributed by atoms with van der Waals surface area (Å²) < 4.78 is 5.15. The molecule has 1 aliphatic rings. The Labute approximate surface area is 101 Å². The highest BCUT2D eigenvalue weighted by atomic mass is 16.5. The van der Waals surface area contributed by atoms with Crippen LogP contribution in [0.2, 0.25) is 0 Å². The van der Waals surface area contributed by atoms with E-state index in [1.54, 1.807) is 0 Å². The average Bonchev–Trinajstić information content (AvgIpc) is 2.65. The number of hydrogen-bond donors (Lipinski definition) is 2. The molecule has 0 saturated carbocycles. The monoisotopic (exact) mass is 244 g/mol. The van der Waals surface area contributed by atoms with Crippen molar-refractivity contribution in [1.82, 2.24) is 4.90 Å². The molecule has 1 saturated heterocycles. The second-order valence-electron chi connectivity index (χ2n) is 4.69. The van der Waals surface area contributed by atoms with Gasteiger partial charge in [0.1, 0.15) is 5.54 Å². The van der Waals surface area contributed by atoms with Gasteiger partial charge in [-0.1, -0.05) is 0 Å². The Morgan fingerprint density at radius 3 is 2.59 bits per heavy atom. The van der Waals surface area contributed by atoms with Crippen LogP contribution in [0.15, 0.2) is 0 Å². The first-order chi connectivity index (χ1) is 7.87. The minimum Gasteiger partial charge on any atom is -0.481 e. The maximum atomic E-state index is 12.2. The molecule has 3 N–H and O–H groups in total. The fourth-order valence-corrected chi connectivity index (χ4v) is 1.85. The van der Waals surface area contributed by atoms with Crippen LogP contribution < -0.4 is 5.73 Å². The van der Waals surface area contributed by atoms with E-state index in [4.69, 9.17) is 15.6 Å². The quantitative estimate of drug-likeness (QED) is 0.699. The lowest BCUT2D eigenvalue weighted by molar-refractivity contribution is -0.141. The van der Waals surface area contributed by atoms with Crippen LogP contribution in [0, 0.1) is 0 Å². The summed E-state index contributed by atoms with van der Waals surface area (Å²) in [6, 6.07) is -0.0668. The average molecular weight is 244 g/mol. The lowest BCUT2D eigenvalue weighted by atomic mass is 9.97. The van der Waals surface area contributed by atoms with Crippen molar-refractivity contribution in [2.75, 3.05) is 19.8 Å². The molecule has 1 unspecified atom stereocenters. The number of carbonyl (C=O) groups is 2. The van der Waals surface area contributed by atoms with E-state index in [1.807, 2.05) is 13.8 Å². The van der Waals surface area contributed by atoms with Crippen LogP contribution in [0.25, 0.3) is 0 Å². The van der Waals surface area contributed by atoms with E-state index < -0.39 is 11.5 Å². The number of nitrogens with two attached hydrogens (primary N) is 1. The van der Waals surface area contributed by atoms with Gasteiger partial charge in [0.25, 0.3) is 0 Å². The van der Waals surface area contributed by atoms with Crippen molar-refractivity contribution < 1.29 is 19.4 Å². The smallest absolute Gasteiger partial charge is 0.305 e. The topological polar surface area (TPSA) is 92.9 Å². The molecule has 0 aromatic carbocycles. The highest BCUT2D eigenvalue weighted by molar-refractivity contribution is 5.87. The van der Waals surface area contributed by atoms with E-state index in [-0.39, 0.29) is 31.5 Å². The predicted molar refractivity (Wildman–Crippen MR) is 61.5 cm³/mol. The van der Waals surface area contributed by atoms with Crippen LogP contribution in [0.1, 0.15) is 26.7 Å². The second-order valence-corrected chi connectivity index (χ2v) is 4.69. The Morgan fingerprint density at radius 1 is 1.53 bits per heavy atom. The fourth-order valence-electron chi connectivity index (χ4n) is 1.85. The van der Waals surface area contributed by atoms with E-state index >= 15 is 0 Å². The zero-order chi connectivity index (χ0) is 13.1. The van der Waals surface area contributed by atoms with Crippen LogP contribution in [0.3, 0.4) is 0 Å². The van der Waals surface area contributed by atoms with E-state index in [9.17, 15) is 9.59 Å². The molecule has 0 aromatic heterocycles. The Morgan fingerprint density at radius 2 is 2.18 bits per heavy atom. The lowest BCUT2D eigenvalue weighted by Gasteiger charge is -2.33. The van der Waals surface area contributed by atoms with E-state index in [1.165, 1.54) is 4.90 Å². The molecule has 1 aliphatic heterocycles. The normalized spacial score (nSPS) is 24.0. The molecule has 0 radical (unpaired) electrons. The third-order valence-electron chi connectivity index (χ3n) is 2.93. The molecule has 0 aliphatic carbocycles. The number of amides is 1. The molecule has 0 aromatic rings. The third kappa shape index (κ3) is 3.41. The number of carboxylic acid groups (broad SMARTS) is 1. The standard InChI is InChI=1S/C11H20N2O4/c1-8(2)13(5-3-9(14)15)10(16)11(12)4-6-17-7-11/h8H,3-7,12H2,1-2H3,(H,14,15). The van der Waals surface area contributed by atoms with Crippen molar-refractivity contribution in [3.8, 4) is 0 Å². The van der Waals surface area contributed by atoms with E-state index in [0.29, 0.717) is 13.0 Å². The number of carbonyl (C=O) groups excluding carboxylic acids is 1. The number of nitrogens with zero attached hydrogens (tertiary/aromatic N) is 1. The molecule has 1 fully saturated rings. The van der Waals surface area contributed by atoms with Gasteiger partial charge < -0.3 is 20.5 Å². The van der Waals surface area contributed by atoms with Crippen molar-refractivity contribution >= 4 is 11.9 Å². The molecule has 0 bridgehead atoms. The SMILES string of the molecule is CC(C)N(CCC(=O)O)C(=O)C1(N)CCOC1. The van der Waals surface area contributed by atoms with E-state index in [2.05, 4.69) is 0 Å². The first-order valence-corrected chi connectivity index (χ1v) is 5.76. The van der Waals surface area contributed by atoms with Crippen LogP contribution in [-0.2, 0) is 14.3 Å². The summed E-state index contributed by atoms with van der Waals surface area (Å²) in [4.78, 5) is 24.3. The molecule has 1 amide bonds. The van der Waals surface area contributed by atoms with Crippen molar-refractivity contribution in [1.29, 1.82) is 0 Å². The van der Waals surface area contributed by atoms with Crippen molar-refractivity contribution in [2.24, 2.45) is 5.73 Å². The Balaban J connectivity index is 2.69. The van der Waals surface area contributed by atoms with Crippen LogP contribution >= 0.6 is 0 Å². The number of aliphatic carboxylic acids is 1. The molecule has 1 atom stereocenters. The number of ether oxygens (including phenoxy) is 1. The summed E-state index contributed by atoms with van der Waals surface area (Å²) in [5.41, 5.74) is 5.00. The summed E-state index contributed by atoms with van der Waals surface area (Å²) in [6.07, 6.45) is 0.420. The minimum atomic E-state index is -0.983. The lowest BCUT2D eigenvalue weighted by Crippen LogP contribution is -2.57. The summed E-state index contributed by atoms with van der Waals surface area (Å²) in [5.74, 6) is -1.14. The highest BCUT2D eigenvalue weighted by Gasteiger charge is 2.41. The van der Waals surface area contributed by atoms with Crippen molar-refractivity contribution in [2.45, 2.75) is 38.3 Å². The number of carboxylic acids is 1. The minimum absolute atomic E-state index is 0.0668. The molecule has 0 spiro atoms. The highest BCUT2D eigenvalue weighted by Crippen LogP contribution is 2.20. The zero-order valence-corrected chi connectivity index (χ0v) is 10.3. The second kappa shape index (κ2) is 5.46. The van der Waals surface area contributed by atoms with Gasteiger partial charge in [-0.25, -0.2) is 0 Å². The molecule has 6 heteroatoms. The van der Waals surface area contributed by atoms with Crippen LogP contribution in [-0.4, -0.2) is 53.2 Å². The van der Waals surface area contributed by atoms with Gasteiger partial charge in [0.2, 0.25) is 5.91 Å². The molecule has 1 rings (SSSR count). The van der Waals surface area contributed by atoms with Gasteiger partial charge in [-0.05, 0) is 20.3 Å². The van der Waals surface area contributed by atoms with Crippen molar-refractivity contribution in [3.05, 3.63) is 0 Å². The largest absolute Gasteiger partial charge is 0.481 e. The predicted octanol–water partition coefficient (Wildman–Crippen LogP) is -0.184. The van der Waals surface area contributed by atoms with Gasteiger partial charge in [-0.2, -0.15) is 0 Å². The Bertz CT molecular complexity index is 298. The van der Waals surface area contributed by atoms with Gasteiger partial charge in [0, 0.05) is 19.2 Å². The Kier molecular flexibility index (Phi) is 4.47. The maximum absolute atomic E-state index is 12.2. The van der Waals surface area contributed by atoms with Gasteiger partial charge in [-0.3, -0.25) is 9.59 Å². The maximum Gasteiger partial charge on any atom is 0.305 e. The molecule has 98 valence electrons. The molecule has 1 heterocycles. The summed E-state index contributed by atoms with van der Waals surface area (Å²) in [6.45, 7) is 4.57. The van der Waals surface area contributed by atoms with Gasteiger partial charge >= 0.3 is 5.97 Å². The Hall–Kier alpha value is -1.14. The van der Waals surface area contributed by atoms with Gasteiger partial charge in [0.15, 0.2) is 0 Å². The van der Waals surface area contributed by atoms with Crippen LogP contribution in [0.4, 0.5) is 0 Å². The van der Waals surface area contributed by atoms with Crippen LogP contribution in [0.5, 0.6) is 0 Å². The summed E-state index contributed by atoms with van der Waals surface area (Å²) in [7, 11) is 0. The summed E-state index contributed by atoms with van der Waals surface area (Å²) in [5, 5.41) is 8.66. The first kappa shape index (κ1) is 13.9. The molecule has 6 nitrogen and oxygen atoms in total. The third-order valence-corrected chi connectivity index (χ3v) is 2.93. The first-order valence-electron chi connectivity index (χ1n) is 5.76. The fraction of sp³-hybridized carbons (Fsp3) is 0.818. The molecular formula is C11H20N2O4. The summed E-state index contributed by atoms with van der Waals surface area (Å²) >= 11 is 0. The van der Waals surface area contributed by atoms with E-state index in [0.717, 1.165) is 0 Å². The number of rotatable bonds is 5. The van der Waals surface area contributed by atoms with Gasteiger partial charge in [-0.15, -0.1) is 0 Å². The molecular weight excluding hydrogens is 224 g/mol. The zero-order valence-electron chi connectivity index (χ0n) is 10.3.